The van der Waals surface area contributed by atoms with Crippen LogP contribution in [0, 0.1) is 12.3 Å². The van der Waals surface area contributed by atoms with Crippen LogP contribution in [0.25, 0.3) is 0 Å². The van der Waals surface area contributed by atoms with Crippen LogP contribution in [-0.2, 0) is 6.42 Å². The summed E-state index contributed by atoms with van der Waals surface area (Å²) in [6, 6.07) is 7.49. The molecule has 1 N–H and O–H groups in total. The monoisotopic (exact) mass is 274 g/mol. The molecule has 2 nitrogen and oxygen atoms in total. The van der Waals surface area contributed by atoms with Crippen LogP contribution in [-0.4, -0.2) is 26.2 Å². The summed E-state index contributed by atoms with van der Waals surface area (Å²) in [5.74, 6) is 0. The molecule has 0 aliphatic carbocycles. The third-order valence-corrected chi connectivity index (χ3v) is 4.53. The minimum atomic E-state index is 0.320. The first kappa shape index (κ1) is 15.4. The molecule has 0 saturated heterocycles. The zero-order valence-electron chi connectivity index (χ0n) is 13.8. The Hall–Kier alpha value is -1.02. The zero-order chi connectivity index (χ0) is 14.8. The third kappa shape index (κ3) is 3.54. The second kappa shape index (κ2) is 6.17. The van der Waals surface area contributed by atoms with Crippen molar-refractivity contribution in [1.29, 1.82) is 0 Å². The van der Waals surface area contributed by atoms with E-state index >= 15 is 0 Å². The molecule has 20 heavy (non-hydrogen) atoms. The van der Waals surface area contributed by atoms with Crippen molar-refractivity contribution in [3.63, 3.8) is 0 Å². The first-order valence-electron chi connectivity index (χ1n) is 7.93. The van der Waals surface area contributed by atoms with E-state index in [1.807, 2.05) is 0 Å². The number of nitrogens with one attached hydrogen (secondary N) is 1. The van der Waals surface area contributed by atoms with E-state index in [0.717, 1.165) is 6.54 Å². The molecule has 1 aliphatic rings. The van der Waals surface area contributed by atoms with Gasteiger partial charge in [0.05, 0.1) is 0 Å². The molecule has 0 amide bonds. The molecule has 1 atom stereocenters. The topological polar surface area (TPSA) is 15.3 Å². The predicted octanol–water partition coefficient (Wildman–Crippen LogP) is 3.77. The van der Waals surface area contributed by atoms with E-state index in [2.05, 4.69) is 63.2 Å². The van der Waals surface area contributed by atoms with Gasteiger partial charge in [0.25, 0.3) is 0 Å². The van der Waals surface area contributed by atoms with Crippen LogP contribution in [0.2, 0.25) is 0 Å². The summed E-state index contributed by atoms with van der Waals surface area (Å²) in [5.41, 5.74) is 4.70. The Labute approximate surface area is 124 Å². The molecule has 0 saturated carbocycles. The van der Waals surface area contributed by atoms with Crippen LogP contribution in [0.1, 0.15) is 44.7 Å². The van der Waals surface area contributed by atoms with Gasteiger partial charge in [-0.1, -0.05) is 38.5 Å². The van der Waals surface area contributed by atoms with Gasteiger partial charge in [-0.25, -0.2) is 0 Å². The van der Waals surface area contributed by atoms with Crippen LogP contribution in [0.3, 0.4) is 0 Å². The smallest absolute Gasteiger partial charge is 0.0398 e. The van der Waals surface area contributed by atoms with Gasteiger partial charge in [-0.15, -0.1) is 0 Å². The van der Waals surface area contributed by atoms with Gasteiger partial charge in [0.1, 0.15) is 0 Å². The molecule has 1 heterocycles. The van der Waals surface area contributed by atoms with E-state index in [1.54, 1.807) is 0 Å². The Morgan fingerprint density at radius 2 is 2.05 bits per heavy atom. The van der Waals surface area contributed by atoms with E-state index in [9.17, 15) is 0 Å². The summed E-state index contributed by atoms with van der Waals surface area (Å²) in [4.78, 5) is 2.58. The summed E-state index contributed by atoms with van der Waals surface area (Å²) in [5, 5.41) is 3.49. The molecule has 0 fully saturated rings. The second-order valence-corrected chi connectivity index (χ2v) is 7.22. The maximum absolute atomic E-state index is 3.49. The van der Waals surface area contributed by atoms with E-state index in [0.29, 0.717) is 11.5 Å². The van der Waals surface area contributed by atoms with Crippen LogP contribution >= 0.6 is 0 Å². The van der Waals surface area contributed by atoms with Gasteiger partial charge in [0.15, 0.2) is 0 Å². The summed E-state index contributed by atoms with van der Waals surface area (Å²) in [6.45, 7) is 11.5. The number of hydrogen-bond donors (Lipinski definition) is 1. The summed E-state index contributed by atoms with van der Waals surface area (Å²) in [6.07, 6.45) is 3.73. The minimum absolute atomic E-state index is 0.320. The highest BCUT2D eigenvalue weighted by Crippen LogP contribution is 2.29. The van der Waals surface area contributed by atoms with Crippen molar-refractivity contribution in [2.45, 2.75) is 53.0 Å². The molecule has 0 radical (unpaired) electrons. The van der Waals surface area contributed by atoms with E-state index < -0.39 is 0 Å². The van der Waals surface area contributed by atoms with Gasteiger partial charge in [-0.3, -0.25) is 0 Å². The fraction of sp³-hybridized carbons (Fsp3) is 0.667. The Morgan fingerprint density at radius 3 is 2.70 bits per heavy atom. The van der Waals surface area contributed by atoms with Gasteiger partial charge in [0.2, 0.25) is 0 Å². The lowest BCUT2D eigenvalue weighted by Gasteiger charge is -2.36. The van der Waals surface area contributed by atoms with Crippen molar-refractivity contribution >= 4 is 5.69 Å². The van der Waals surface area contributed by atoms with Gasteiger partial charge >= 0.3 is 0 Å². The molecule has 1 aromatic rings. The average Bonchev–Trinajstić information content (AvgIpc) is 2.37. The lowest BCUT2D eigenvalue weighted by Crippen LogP contribution is -2.42. The van der Waals surface area contributed by atoms with Crippen LogP contribution in [0.5, 0.6) is 0 Å². The Morgan fingerprint density at radius 1 is 1.30 bits per heavy atom. The Balaban J connectivity index is 2.05. The summed E-state index contributed by atoms with van der Waals surface area (Å²) in [7, 11) is 2.09. The largest absolute Gasteiger partial charge is 0.371 e. The number of benzene rings is 1. The van der Waals surface area contributed by atoms with E-state index in [4.69, 9.17) is 0 Å². The van der Waals surface area contributed by atoms with Gasteiger partial charge < -0.3 is 10.2 Å². The molecule has 0 spiro atoms. The highest BCUT2D eigenvalue weighted by Gasteiger charge is 2.24. The lowest BCUT2D eigenvalue weighted by atomic mass is 9.84. The van der Waals surface area contributed by atoms with E-state index in [-0.39, 0.29) is 0 Å². The number of fused-ring (bicyclic) bond motifs is 1. The fourth-order valence-corrected chi connectivity index (χ4v) is 3.33. The molecule has 1 aliphatic heterocycles. The van der Waals surface area contributed by atoms with Gasteiger partial charge in [0, 0.05) is 24.8 Å². The molecule has 2 heteroatoms. The minimum Gasteiger partial charge on any atom is -0.371 e. The van der Waals surface area contributed by atoms with Crippen molar-refractivity contribution in [2.75, 3.05) is 25.0 Å². The van der Waals surface area contributed by atoms with E-state index in [1.165, 1.54) is 42.6 Å². The highest BCUT2D eigenvalue weighted by atomic mass is 15.1. The van der Waals surface area contributed by atoms with Crippen LogP contribution < -0.4 is 10.2 Å². The second-order valence-electron chi connectivity index (χ2n) is 7.22. The summed E-state index contributed by atoms with van der Waals surface area (Å²) >= 11 is 0. The van der Waals surface area contributed by atoms with Gasteiger partial charge in [-0.2, -0.15) is 0 Å². The van der Waals surface area contributed by atoms with Crippen molar-refractivity contribution in [1.82, 2.24) is 5.32 Å². The Kier molecular flexibility index (Phi) is 4.74. The van der Waals surface area contributed by atoms with Crippen LogP contribution in [0.15, 0.2) is 18.2 Å². The first-order chi connectivity index (χ1) is 9.41. The van der Waals surface area contributed by atoms with Crippen molar-refractivity contribution in [2.24, 2.45) is 5.41 Å². The van der Waals surface area contributed by atoms with Gasteiger partial charge in [-0.05, 0) is 50.3 Å². The number of aryl methyl sites for hydroxylation is 2. The maximum Gasteiger partial charge on any atom is 0.0398 e. The van der Waals surface area contributed by atoms with Crippen LogP contribution in [0.4, 0.5) is 5.69 Å². The third-order valence-electron chi connectivity index (χ3n) is 4.53. The van der Waals surface area contributed by atoms with Crippen molar-refractivity contribution < 1.29 is 0 Å². The number of hydrogen-bond acceptors (Lipinski definition) is 2. The summed E-state index contributed by atoms with van der Waals surface area (Å²) < 4.78 is 0. The SMILES string of the molecule is CNC(CCN1CCCc2cc(C)ccc21)C(C)(C)C. The molecule has 0 aromatic heterocycles. The highest BCUT2D eigenvalue weighted by molar-refractivity contribution is 5.56. The molecule has 2 rings (SSSR count). The molecule has 0 bridgehead atoms. The number of nitrogens with zero attached hydrogens (tertiary/aromatic N) is 1. The maximum atomic E-state index is 3.49. The molecule has 112 valence electrons. The van der Waals surface area contributed by atoms with Crippen molar-refractivity contribution in [3.8, 4) is 0 Å². The Bertz CT molecular complexity index is 445. The quantitative estimate of drug-likeness (QED) is 0.899. The zero-order valence-corrected chi connectivity index (χ0v) is 13.8. The molecular weight excluding hydrogens is 244 g/mol. The first-order valence-corrected chi connectivity index (χ1v) is 7.93. The fourth-order valence-electron chi connectivity index (χ4n) is 3.33. The number of rotatable bonds is 4. The standard InChI is InChI=1S/C18H30N2/c1-14-8-9-16-15(13-14)7-6-11-20(16)12-10-17(19-5)18(2,3)4/h8-9,13,17,19H,6-7,10-12H2,1-5H3. The predicted molar refractivity (Wildman–Crippen MR) is 88.6 cm³/mol. The number of anilines is 1. The van der Waals surface area contributed by atoms with Crippen molar-refractivity contribution in [3.05, 3.63) is 29.3 Å². The molecular formula is C18H30N2. The molecule has 1 unspecified atom stereocenters. The molecule has 1 aromatic carbocycles. The normalized spacial score (nSPS) is 16.9. The average molecular weight is 274 g/mol. The lowest BCUT2D eigenvalue weighted by molar-refractivity contribution is 0.268.